The van der Waals surface area contributed by atoms with E-state index in [9.17, 15) is 9.18 Å². The first-order valence-electron chi connectivity index (χ1n) is 8.21. The summed E-state index contributed by atoms with van der Waals surface area (Å²) in [5, 5.41) is 7.99. The Morgan fingerprint density at radius 1 is 1.40 bits per heavy atom. The van der Waals surface area contributed by atoms with Gasteiger partial charge in [-0.15, -0.1) is 23.1 Å². The van der Waals surface area contributed by atoms with Crippen LogP contribution >= 0.6 is 23.1 Å². The predicted molar refractivity (Wildman–Crippen MR) is 102 cm³/mol. The molecule has 0 bridgehead atoms. The van der Waals surface area contributed by atoms with Gasteiger partial charge in [-0.2, -0.15) is 0 Å². The third-order valence-corrected chi connectivity index (χ3v) is 6.36. The monoisotopic (exact) mass is 379 g/mol. The Labute approximate surface area is 155 Å². The van der Waals surface area contributed by atoms with Gasteiger partial charge in [0.15, 0.2) is 0 Å². The maximum atomic E-state index is 13.6. The molecule has 0 saturated heterocycles. The Kier molecular flexibility index (Phi) is 5.98. The molecule has 3 rings (SSSR count). The molecule has 2 atom stereocenters. The molecule has 2 N–H and O–H groups in total. The number of carbonyl (C=O) groups is 1. The fraction of sp³-hybridized carbons (Fsp3) is 0.389. The predicted octanol–water partition coefficient (Wildman–Crippen LogP) is 4.03. The van der Waals surface area contributed by atoms with Gasteiger partial charge in [-0.3, -0.25) is 0 Å². The number of rotatable bonds is 5. The summed E-state index contributed by atoms with van der Waals surface area (Å²) in [5.74, 6) is 0.651. The summed E-state index contributed by atoms with van der Waals surface area (Å²) in [6.45, 7) is 0.525. The van der Waals surface area contributed by atoms with Crippen molar-refractivity contribution in [3.8, 4) is 0 Å². The highest BCUT2D eigenvalue weighted by Crippen LogP contribution is 2.36. The molecule has 1 aromatic carbocycles. The van der Waals surface area contributed by atoms with Gasteiger partial charge in [0.1, 0.15) is 5.82 Å². The van der Waals surface area contributed by atoms with Crippen molar-refractivity contribution in [2.75, 3.05) is 26.4 Å². The number of thiophene rings is 1. The van der Waals surface area contributed by atoms with Crippen LogP contribution in [0.4, 0.5) is 9.18 Å². The lowest BCUT2D eigenvalue weighted by Gasteiger charge is -2.27. The second-order valence-corrected chi connectivity index (χ2v) is 8.34. The Balaban J connectivity index is 1.61. The highest BCUT2D eigenvalue weighted by atomic mass is 32.2. The van der Waals surface area contributed by atoms with Gasteiger partial charge in [0.25, 0.3) is 0 Å². The van der Waals surface area contributed by atoms with Crippen LogP contribution in [-0.2, 0) is 0 Å². The molecule has 0 fully saturated rings. The minimum atomic E-state index is -0.265. The molecule has 2 unspecified atom stereocenters. The molecule has 2 aromatic rings. The van der Waals surface area contributed by atoms with Crippen LogP contribution in [0.5, 0.6) is 0 Å². The van der Waals surface area contributed by atoms with Gasteiger partial charge >= 0.3 is 6.03 Å². The van der Waals surface area contributed by atoms with Gasteiger partial charge in [0, 0.05) is 22.1 Å². The Morgan fingerprint density at radius 2 is 2.24 bits per heavy atom. The number of benzene rings is 1. The molecule has 0 spiro atoms. The van der Waals surface area contributed by atoms with Crippen molar-refractivity contribution in [3.05, 3.63) is 52.0 Å². The lowest BCUT2D eigenvalue weighted by molar-refractivity contribution is 0.229. The summed E-state index contributed by atoms with van der Waals surface area (Å²) >= 11 is 3.39. The zero-order valence-corrected chi connectivity index (χ0v) is 15.9. The molecule has 134 valence electrons. The van der Waals surface area contributed by atoms with Crippen LogP contribution in [-0.4, -0.2) is 37.3 Å². The highest BCUT2D eigenvalue weighted by molar-refractivity contribution is 7.99. The van der Waals surface area contributed by atoms with Crippen LogP contribution in [0.3, 0.4) is 0 Å². The minimum absolute atomic E-state index is 0.136. The Bertz CT molecular complexity index is 721. The van der Waals surface area contributed by atoms with Crippen LogP contribution in [0.25, 0.3) is 0 Å². The molecule has 1 aliphatic rings. The van der Waals surface area contributed by atoms with Crippen LogP contribution in [0, 0.1) is 5.82 Å². The van der Waals surface area contributed by atoms with Crippen molar-refractivity contribution in [2.24, 2.45) is 0 Å². The van der Waals surface area contributed by atoms with Gasteiger partial charge < -0.3 is 15.5 Å². The molecule has 2 heterocycles. The quantitative estimate of drug-likeness (QED) is 0.824. The minimum Gasteiger partial charge on any atom is -0.336 e. The van der Waals surface area contributed by atoms with E-state index in [1.54, 1.807) is 29.2 Å². The third kappa shape index (κ3) is 4.54. The van der Waals surface area contributed by atoms with E-state index in [0.717, 1.165) is 22.6 Å². The van der Waals surface area contributed by atoms with E-state index in [1.807, 2.05) is 25.5 Å². The average molecular weight is 380 g/mol. The Hall–Kier alpha value is -1.57. The van der Waals surface area contributed by atoms with Crippen LogP contribution in [0.1, 0.15) is 28.9 Å². The molecule has 2 amide bonds. The number of fused-ring (bicyclic) bond motifs is 1. The number of halogens is 1. The number of nitrogens with one attached hydrogen (secondary N) is 2. The third-order valence-electron chi connectivity index (χ3n) is 4.27. The standard InChI is InChI=1S/C18H22FN3OS2/c1-22(2)15(17-4-3-8-24-17)11-20-18(23)21-14-7-9-25-16-6-5-12(19)10-13(14)16/h3-6,8,10,14-15H,7,9,11H2,1-2H3,(H2,20,21,23). The molecule has 0 aliphatic carbocycles. The van der Waals surface area contributed by atoms with Crippen LogP contribution in [0.2, 0.25) is 0 Å². The van der Waals surface area contributed by atoms with Gasteiger partial charge in [0.2, 0.25) is 0 Å². The Morgan fingerprint density at radius 3 is 2.96 bits per heavy atom. The summed E-state index contributed by atoms with van der Waals surface area (Å²) in [4.78, 5) is 16.7. The van der Waals surface area contributed by atoms with E-state index >= 15 is 0 Å². The van der Waals surface area contributed by atoms with E-state index in [0.29, 0.717) is 6.54 Å². The zero-order chi connectivity index (χ0) is 17.8. The van der Waals surface area contributed by atoms with Crippen molar-refractivity contribution in [2.45, 2.75) is 23.4 Å². The molecular formula is C18H22FN3OS2. The van der Waals surface area contributed by atoms with E-state index < -0.39 is 0 Å². The first-order chi connectivity index (χ1) is 12.0. The molecule has 0 radical (unpaired) electrons. The summed E-state index contributed by atoms with van der Waals surface area (Å²) in [7, 11) is 4.00. The SMILES string of the molecule is CN(C)C(CNC(=O)NC1CCSc2ccc(F)cc21)c1cccs1. The van der Waals surface area contributed by atoms with Gasteiger partial charge in [-0.1, -0.05) is 6.07 Å². The summed E-state index contributed by atoms with van der Waals surface area (Å²) in [6, 6.07) is 8.66. The number of hydrogen-bond donors (Lipinski definition) is 2. The lowest BCUT2D eigenvalue weighted by atomic mass is 10.0. The molecule has 1 aromatic heterocycles. The second-order valence-electron chi connectivity index (χ2n) is 6.22. The largest absolute Gasteiger partial charge is 0.336 e. The molecule has 25 heavy (non-hydrogen) atoms. The van der Waals surface area contributed by atoms with Crippen molar-refractivity contribution >= 4 is 29.1 Å². The number of urea groups is 1. The fourth-order valence-corrected chi connectivity index (χ4v) is 4.96. The van der Waals surface area contributed by atoms with Crippen LogP contribution < -0.4 is 10.6 Å². The summed E-state index contributed by atoms with van der Waals surface area (Å²) in [6.07, 6.45) is 0.802. The van der Waals surface area contributed by atoms with Crippen molar-refractivity contribution < 1.29 is 9.18 Å². The number of thioether (sulfide) groups is 1. The number of likely N-dealkylation sites (N-methyl/N-ethyl adjacent to an activating group) is 1. The number of carbonyl (C=O) groups excluding carboxylic acids is 1. The van der Waals surface area contributed by atoms with Gasteiger partial charge in [-0.05, 0) is 55.7 Å². The van der Waals surface area contributed by atoms with Gasteiger partial charge in [0.05, 0.1) is 12.1 Å². The number of nitrogens with zero attached hydrogens (tertiary/aromatic N) is 1. The normalized spacial score (nSPS) is 17.8. The summed E-state index contributed by atoms with van der Waals surface area (Å²) in [5.41, 5.74) is 0.869. The number of amides is 2. The van der Waals surface area contributed by atoms with Crippen LogP contribution in [0.15, 0.2) is 40.6 Å². The molecular weight excluding hydrogens is 357 g/mol. The van der Waals surface area contributed by atoms with E-state index in [4.69, 9.17) is 0 Å². The zero-order valence-electron chi connectivity index (χ0n) is 14.3. The molecule has 1 aliphatic heterocycles. The first-order valence-corrected chi connectivity index (χ1v) is 10.1. The van der Waals surface area contributed by atoms with E-state index in [-0.39, 0.29) is 23.9 Å². The molecule has 4 nitrogen and oxygen atoms in total. The smallest absolute Gasteiger partial charge is 0.315 e. The van der Waals surface area contributed by atoms with Crippen molar-refractivity contribution in [3.63, 3.8) is 0 Å². The fourth-order valence-electron chi connectivity index (χ4n) is 2.93. The maximum absolute atomic E-state index is 13.6. The molecule has 7 heteroatoms. The van der Waals surface area contributed by atoms with E-state index in [2.05, 4.69) is 21.6 Å². The number of hydrogen-bond acceptors (Lipinski definition) is 4. The van der Waals surface area contributed by atoms with Gasteiger partial charge in [-0.25, -0.2) is 9.18 Å². The first kappa shape index (κ1) is 18.2. The highest BCUT2D eigenvalue weighted by Gasteiger charge is 2.23. The van der Waals surface area contributed by atoms with Crippen molar-refractivity contribution in [1.29, 1.82) is 0 Å². The summed E-state index contributed by atoms with van der Waals surface area (Å²) < 4.78 is 13.6. The molecule has 0 saturated carbocycles. The lowest BCUT2D eigenvalue weighted by Crippen LogP contribution is -2.42. The van der Waals surface area contributed by atoms with E-state index in [1.165, 1.54) is 17.0 Å². The second kappa shape index (κ2) is 8.21. The van der Waals surface area contributed by atoms with Crippen molar-refractivity contribution in [1.82, 2.24) is 15.5 Å². The maximum Gasteiger partial charge on any atom is 0.315 e. The topological polar surface area (TPSA) is 44.4 Å². The average Bonchev–Trinajstić information content (AvgIpc) is 3.09.